The third-order valence-electron chi connectivity index (χ3n) is 3.66. The van der Waals surface area contributed by atoms with Gasteiger partial charge in [-0.25, -0.2) is 0 Å². The molecule has 0 fully saturated rings. The first kappa shape index (κ1) is 15.5. The molecule has 112 valence electrons. The molecule has 0 aromatic heterocycles. The molecule has 0 bridgehead atoms. The van der Waals surface area contributed by atoms with Crippen molar-refractivity contribution in [1.82, 2.24) is 10.6 Å². The second-order valence-corrected chi connectivity index (χ2v) is 5.34. The maximum absolute atomic E-state index is 11.6. The molecule has 0 aliphatic carbocycles. The molecule has 0 aliphatic rings. The molecule has 0 aliphatic heterocycles. The molecular formula is C18H24N2O. The van der Waals surface area contributed by atoms with E-state index < -0.39 is 0 Å². The van der Waals surface area contributed by atoms with E-state index in [0.29, 0.717) is 13.0 Å². The van der Waals surface area contributed by atoms with Gasteiger partial charge in [-0.2, -0.15) is 0 Å². The highest BCUT2D eigenvalue weighted by Crippen LogP contribution is 2.23. The number of hydrogen-bond donors (Lipinski definition) is 2. The molecule has 0 heterocycles. The van der Waals surface area contributed by atoms with Crippen LogP contribution in [0.5, 0.6) is 0 Å². The lowest BCUT2D eigenvalue weighted by Gasteiger charge is -2.16. The fourth-order valence-corrected chi connectivity index (χ4v) is 2.49. The minimum Gasteiger partial charge on any atom is -0.356 e. The van der Waals surface area contributed by atoms with E-state index in [1.165, 1.54) is 16.3 Å². The molecule has 1 unspecified atom stereocenters. The Hall–Kier alpha value is -1.87. The van der Waals surface area contributed by atoms with Gasteiger partial charge in [0.05, 0.1) is 0 Å². The van der Waals surface area contributed by atoms with Crippen LogP contribution in [-0.2, 0) is 4.79 Å². The third kappa shape index (κ3) is 4.30. The van der Waals surface area contributed by atoms with E-state index >= 15 is 0 Å². The second-order valence-electron chi connectivity index (χ2n) is 5.34. The van der Waals surface area contributed by atoms with Gasteiger partial charge in [0.1, 0.15) is 0 Å². The summed E-state index contributed by atoms with van der Waals surface area (Å²) in [6, 6.07) is 15.0. The fourth-order valence-electron chi connectivity index (χ4n) is 2.49. The quantitative estimate of drug-likeness (QED) is 0.818. The zero-order valence-corrected chi connectivity index (χ0v) is 12.9. The van der Waals surface area contributed by atoms with Crippen molar-refractivity contribution < 1.29 is 4.79 Å². The Balaban J connectivity index is 1.93. The van der Waals surface area contributed by atoms with Gasteiger partial charge in [0.2, 0.25) is 5.91 Å². The van der Waals surface area contributed by atoms with Crippen molar-refractivity contribution in [2.24, 2.45) is 0 Å². The van der Waals surface area contributed by atoms with E-state index in [4.69, 9.17) is 0 Å². The van der Waals surface area contributed by atoms with Crippen molar-refractivity contribution in [2.45, 2.75) is 32.7 Å². The van der Waals surface area contributed by atoms with E-state index in [1.54, 1.807) is 0 Å². The minimum atomic E-state index is 0.120. The average Bonchev–Trinajstić information content (AvgIpc) is 2.52. The molecule has 2 aromatic rings. The van der Waals surface area contributed by atoms with Crippen molar-refractivity contribution >= 4 is 16.7 Å². The lowest BCUT2D eigenvalue weighted by atomic mass is 10.00. The zero-order chi connectivity index (χ0) is 15.1. The summed E-state index contributed by atoms with van der Waals surface area (Å²) >= 11 is 0. The molecule has 1 atom stereocenters. The molecule has 2 rings (SSSR count). The standard InChI is InChI=1S/C18H24N2O/c1-3-12-20-18(21)11-13-19-14(2)16-10-6-8-15-7-4-5-9-17(15)16/h4-10,14,19H,3,11-13H2,1-2H3,(H,20,21). The van der Waals surface area contributed by atoms with Gasteiger partial charge < -0.3 is 10.6 Å². The van der Waals surface area contributed by atoms with Crippen LogP contribution in [0.15, 0.2) is 42.5 Å². The van der Waals surface area contributed by atoms with Crippen molar-refractivity contribution in [2.75, 3.05) is 13.1 Å². The van der Waals surface area contributed by atoms with Crippen LogP contribution in [0.25, 0.3) is 10.8 Å². The predicted molar refractivity (Wildman–Crippen MR) is 88.3 cm³/mol. The van der Waals surface area contributed by atoms with Crippen LogP contribution >= 0.6 is 0 Å². The average molecular weight is 284 g/mol. The van der Waals surface area contributed by atoms with Crippen LogP contribution in [0.2, 0.25) is 0 Å². The summed E-state index contributed by atoms with van der Waals surface area (Å²) in [4.78, 5) is 11.6. The fraction of sp³-hybridized carbons (Fsp3) is 0.389. The van der Waals surface area contributed by atoms with Crippen LogP contribution in [0.3, 0.4) is 0 Å². The topological polar surface area (TPSA) is 41.1 Å². The number of fused-ring (bicyclic) bond motifs is 1. The zero-order valence-electron chi connectivity index (χ0n) is 12.9. The van der Waals surface area contributed by atoms with Crippen LogP contribution < -0.4 is 10.6 Å². The number of nitrogens with one attached hydrogen (secondary N) is 2. The molecule has 0 spiro atoms. The Bertz CT molecular complexity index is 589. The Morgan fingerprint density at radius 1 is 1.10 bits per heavy atom. The Labute approximate surface area is 126 Å². The number of rotatable bonds is 7. The molecule has 21 heavy (non-hydrogen) atoms. The third-order valence-corrected chi connectivity index (χ3v) is 3.66. The summed E-state index contributed by atoms with van der Waals surface area (Å²) in [5.74, 6) is 0.120. The van der Waals surface area contributed by atoms with Crippen LogP contribution in [-0.4, -0.2) is 19.0 Å². The van der Waals surface area contributed by atoms with Crippen LogP contribution in [0.4, 0.5) is 0 Å². The lowest BCUT2D eigenvalue weighted by molar-refractivity contribution is -0.121. The van der Waals surface area contributed by atoms with Crippen molar-refractivity contribution in [1.29, 1.82) is 0 Å². The molecule has 0 radical (unpaired) electrons. The summed E-state index contributed by atoms with van der Waals surface area (Å²) in [6.07, 6.45) is 1.50. The first-order chi connectivity index (χ1) is 10.2. The van der Waals surface area contributed by atoms with Crippen LogP contribution in [0.1, 0.15) is 38.3 Å². The molecule has 2 N–H and O–H groups in total. The van der Waals surface area contributed by atoms with Gasteiger partial charge in [0.25, 0.3) is 0 Å². The lowest BCUT2D eigenvalue weighted by Crippen LogP contribution is -2.29. The summed E-state index contributed by atoms with van der Waals surface area (Å²) in [6.45, 7) is 5.66. The minimum absolute atomic E-state index is 0.120. The number of hydrogen-bond acceptors (Lipinski definition) is 2. The van der Waals surface area contributed by atoms with Gasteiger partial charge in [-0.15, -0.1) is 0 Å². The highest BCUT2D eigenvalue weighted by Gasteiger charge is 2.09. The summed E-state index contributed by atoms with van der Waals surface area (Å²) in [5, 5.41) is 8.86. The number of carbonyl (C=O) groups excluding carboxylic acids is 1. The molecule has 2 aromatic carbocycles. The monoisotopic (exact) mass is 284 g/mol. The smallest absolute Gasteiger partial charge is 0.221 e. The van der Waals surface area contributed by atoms with Gasteiger partial charge in [-0.05, 0) is 29.7 Å². The molecule has 0 saturated heterocycles. The number of benzene rings is 2. The maximum atomic E-state index is 11.6. The molecule has 1 amide bonds. The first-order valence-corrected chi connectivity index (χ1v) is 7.70. The van der Waals surface area contributed by atoms with Crippen molar-refractivity contribution in [3.8, 4) is 0 Å². The van der Waals surface area contributed by atoms with Gasteiger partial charge >= 0.3 is 0 Å². The predicted octanol–water partition coefficient (Wildman–Crippen LogP) is 3.41. The Morgan fingerprint density at radius 3 is 2.67 bits per heavy atom. The Kier molecular flexibility index (Phi) is 5.76. The van der Waals surface area contributed by atoms with Gasteiger partial charge in [0.15, 0.2) is 0 Å². The largest absolute Gasteiger partial charge is 0.356 e. The summed E-state index contributed by atoms with van der Waals surface area (Å²) in [5.41, 5.74) is 1.28. The highest BCUT2D eigenvalue weighted by molar-refractivity contribution is 5.86. The molecular weight excluding hydrogens is 260 g/mol. The maximum Gasteiger partial charge on any atom is 0.221 e. The van der Waals surface area contributed by atoms with Gasteiger partial charge in [0, 0.05) is 25.6 Å². The van der Waals surface area contributed by atoms with Crippen molar-refractivity contribution in [3.05, 3.63) is 48.0 Å². The summed E-state index contributed by atoms with van der Waals surface area (Å²) < 4.78 is 0. The van der Waals surface area contributed by atoms with Gasteiger partial charge in [-0.1, -0.05) is 49.4 Å². The van der Waals surface area contributed by atoms with E-state index in [0.717, 1.165) is 13.0 Å². The Morgan fingerprint density at radius 2 is 1.86 bits per heavy atom. The highest BCUT2D eigenvalue weighted by atomic mass is 16.1. The number of carbonyl (C=O) groups is 1. The van der Waals surface area contributed by atoms with E-state index in [-0.39, 0.29) is 11.9 Å². The molecule has 3 nitrogen and oxygen atoms in total. The second kappa shape index (κ2) is 7.79. The van der Waals surface area contributed by atoms with E-state index in [2.05, 4.69) is 66.9 Å². The molecule has 0 saturated carbocycles. The van der Waals surface area contributed by atoms with E-state index in [9.17, 15) is 4.79 Å². The van der Waals surface area contributed by atoms with Gasteiger partial charge in [-0.3, -0.25) is 4.79 Å². The molecule has 3 heteroatoms. The van der Waals surface area contributed by atoms with E-state index in [1.807, 2.05) is 0 Å². The normalized spacial score (nSPS) is 12.3. The van der Waals surface area contributed by atoms with Crippen LogP contribution in [0, 0.1) is 0 Å². The summed E-state index contributed by atoms with van der Waals surface area (Å²) in [7, 11) is 0. The first-order valence-electron chi connectivity index (χ1n) is 7.70. The van der Waals surface area contributed by atoms with Crippen molar-refractivity contribution in [3.63, 3.8) is 0 Å². The SMILES string of the molecule is CCCNC(=O)CCNC(C)c1cccc2ccccc12. The number of amides is 1.